The third kappa shape index (κ3) is 3.71. The fourth-order valence-corrected chi connectivity index (χ4v) is 2.93. The van der Waals surface area contributed by atoms with E-state index in [2.05, 4.69) is 39.4 Å². The second kappa shape index (κ2) is 7.25. The Morgan fingerprint density at radius 1 is 1.07 bits per heavy atom. The van der Waals surface area contributed by atoms with Crippen LogP contribution >= 0.6 is 11.6 Å². The lowest BCUT2D eigenvalue weighted by Gasteiger charge is -2.06. The van der Waals surface area contributed by atoms with Crippen molar-refractivity contribution in [1.82, 2.24) is 19.6 Å². The average molecular weight is 380 g/mol. The molecule has 0 atom stereocenters. The van der Waals surface area contributed by atoms with E-state index in [0.717, 1.165) is 17.7 Å². The van der Waals surface area contributed by atoms with E-state index in [1.165, 1.54) is 16.1 Å². The van der Waals surface area contributed by atoms with Crippen molar-refractivity contribution in [3.63, 3.8) is 0 Å². The molecule has 0 fully saturated rings. The van der Waals surface area contributed by atoms with Crippen molar-refractivity contribution >= 4 is 23.1 Å². The maximum atomic E-state index is 12.4. The summed E-state index contributed by atoms with van der Waals surface area (Å²) in [6, 6.07) is 17.0. The van der Waals surface area contributed by atoms with Crippen LogP contribution in [0, 0.1) is 0 Å². The minimum atomic E-state index is -0.203. The Kier molecular flexibility index (Phi) is 4.64. The number of hydrogen-bond acceptors (Lipinski definition) is 4. The second-order valence-electron chi connectivity index (χ2n) is 6.20. The molecule has 2 aromatic heterocycles. The molecule has 0 aliphatic rings. The molecule has 4 aromatic rings. The third-order valence-corrected chi connectivity index (χ3v) is 4.59. The molecule has 0 aliphatic heterocycles. The number of H-pyrrole nitrogens is 1. The topological polar surface area (TPSA) is 75.1 Å². The van der Waals surface area contributed by atoms with Crippen LogP contribution in [0.25, 0.3) is 17.2 Å². The molecule has 0 spiro atoms. The summed E-state index contributed by atoms with van der Waals surface area (Å²) >= 11 is 5.92. The summed E-state index contributed by atoms with van der Waals surface area (Å²) in [5, 5.41) is 6.91. The molecule has 27 heavy (non-hydrogen) atoms. The van der Waals surface area contributed by atoms with E-state index in [-0.39, 0.29) is 5.56 Å². The number of anilines is 1. The molecule has 136 valence electrons. The van der Waals surface area contributed by atoms with E-state index in [9.17, 15) is 4.79 Å². The molecule has 0 saturated heterocycles. The van der Waals surface area contributed by atoms with E-state index in [1.54, 1.807) is 12.1 Å². The molecule has 2 N–H and O–H groups in total. The molecular formula is C20H18ClN5O. The molecule has 0 saturated carbocycles. The van der Waals surface area contributed by atoms with E-state index in [1.807, 2.05) is 24.3 Å². The zero-order valence-corrected chi connectivity index (χ0v) is 15.5. The van der Waals surface area contributed by atoms with Crippen molar-refractivity contribution in [1.29, 1.82) is 0 Å². The molecule has 0 unspecified atom stereocenters. The summed E-state index contributed by atoms with van der Waals surface area (Å²) in [5.41, 5.74) is 3.53. The Morgan fingerprint density at radius 3 is 2.52 bits per heavy atom. The van der Waals surface area contributed by atoms with Gasteiger partial charge in [0.1, 0.15) is 0 Å². The first-order chi connectivity index (χ1) is 13.1. The number of rotatable bonds is 5. The predicted octanol–water partition coefficient (Wildman–Crippen LogP) is 3.91. The van der Waals surface area contributed by atoms with E-state index < -0.39 is 0 Å². The Hall–Kier alpha value is -3.12. The first-order valence-electron chi connectivity index (χ1n) is 8.70. The lowest BCUT2D eigenvalue weighted by Crippen LogP contribution is -2.17. The summed E-state index contributed by atoms with van der Waals surface area (Å²) in [5.74, 6) is 0.905. The van der Waals surface area contributed by atoms with Gasteiger partial charge in [-0.3, -0.25) is 9.89 Å². The standard InChI is InChI=1S/C20H18ClN5O/c1-2-13-3-9-16(10-4-13)22-12-17-11-18(27)26-20(23-17)24-19(25-26)14-5-7-15(21)8-6-14/h3-11,22H,2,12H2,1H3,(H,23,24,25). The molecule has 6 nitrogen and oxygen atoms in total. The molecular weight excluding hydrogens is 362 g/mol. The maximum absolute atomic E-state index is 12.4. The first kappa shape index (κ1) is 17.3. The minimum Gasteiger partial charge on any atom is -0.379 e. The van der Waals surface area contributed by atoms with Gasteiger partial charge in [0.2, 0.25) is 0 Å². The highest BCUT2D eigenvalue weighted by molar-refractivity contribution is 6.30. The zero-order valence-electron chi connectivity index (χ0n) is 14.7. The summed E-state index contributed by atoms with van der Waals surface area (Å²) in [6.45, 7) is 2.57. The van der Waals surface area contributed by atoms with Gasteiger partial charge in [-0.25, -0.2) is 4.98 Å². The quantitative estimate of drug-likeness (QED) is 0.551. The Bertz CT molecular complexity index is 1130. The largest absolute Gasteiger partial charge is 0.379 e. The zero-order chi connectivity index (χ0) is 18.8. The van der Waals surface area contributed by atoms with Gasteiger partial charge in [-0.05, 0) is 48.4 Å². The van der Waals surface area contributed by atoms with Crippen LogP contribution in [0.4, 0.5) is 5.69 Å². The van der Waals surface area contributed by atoms with Gasteiger partial charge in [0.15, 0.2) is 5.82 Å². The maximum Gasteiger partial charge on any atom is 0.274 e. The van der Waals surface area contributed by atoms with Crippen LogP contribution in [0.5, 0.6) is 0 Å². The van der Waals surface area contributed by atoms with Crippen molar-refractivity contribution in [2.24, 2.45) is 0 Å². The van der Waals surface area contributed by atoms with Crippen LogP contribution in [0.15, 0.2) is 59.4 Å². The number of nitrogens with one attached hydrogen (secondary N) is 2. The summed E-state index contributed by atoms with van der Waals surface area (Å²) in [6.07, 6.45) is 1.00. The van der Waals surface area contributed by atoms with Gasteiger partial charge in [0.25, 0.3) is 11.3 Å². The number of fused-ring (bicyclic) bond motifs is 1. The van der Waals surface area contributed by atoms with Gasteiger partial charge < -0.3 is 5.32 Å². The van der Waals surface area contributed by atoms with Crippen molar-refractivity contribution in [3.05, 3.63) is 81.2 Å². The van der Waals surface area contributed by atoms with Crippen LogP contribution in [0.1, 0.15) is 18.2 Å². The van der Waals surface area contributed by atoms with Crippen LogP contribution in [-0.4, -0.2) is 19.6 Å². The Balaban J connectivity index is 1.59. The van der Waals surface area contributed by atoms with Gasteiger partial charge in [-0.2, -0.15) is 9.50 Å². The van der Waals surface area contributed by atoms with Crippen molar-refractivity contribution < 1.29 is 0 Å². The first-order valence-corrected chi connectivity index (χ1v) is 9.07. The smallest absolute Gasteiger partial charge is 0.274 e. The van der Waals surface area contributed by atoms with Crippen molar-refractivity contribution in [3.8, 4) is 11.4 Å². The van der Waals surface area contributed by atoms with Crippen LogP contribution in [-0.2, 0) is 13.0 Å². The number of aryl methyl sites for hydroxylation is 1. The van der Waals surface area contributed by atoms with Crippen molar-refractivity contribution in [2.75, 3.05) is 5.32 Å². The summed E-state index contributed by atoms with van der Waals surface area (Å²) in [4.78, 5) is 21.3. The fourth-order valence-electron chi connectivity index (χ4n) is 2.81. The van der Waals surface area contributed by atoms with Crippen LogP contribution < -0.4 is 10.9 Å². The third-order valence-electron chi connectivity index (χ3n) is 4.34. The van der Waals surface area contributed by atoms with Gasteiger partial charge in [-0.15, -0.1) is 0 Å². The highest BCUT2D eigenvalue weighted by Crippen LogP contribution is 2.18. The lowest BCUT2D eigenvalue weighted by molar-refractivity contribution is 0.879. The van der Waals surface area contributed by atoms with E-state index in [4.69, 9.17) is 11.6 Å². The van der Waals surface area contributed by atoms with Gasteiger partial charge in [0, 0.05) is 22.3 Å². The average Bonchev–Trinajstić information content (AvgIpc) is 3.12. The van der Waals surface area contributed by atoms with Gasteiger partial charge in [-0.1, -0.05) is 30.7 Å². The summed E-state index contributed by atoms with van der Waals surface area (Å²) in [7, 11) is 0. The van der Waals surface area contributed by atoms with Gasteiger partial charge in [0.05, 0.1) is 12.2 Å². The molecule has 0 radical (unpaired) electrons. The number of benzene rings is 2. The Morgan fingerprint density at radius 2 is 1.81 bits per heavy atom. The molecule has 0 bridgehead atoms. The van der Waals surface area contributed by atoms with Crippen LogP contribution in [0.3, 0.4) is 0 Å². The lowest BCUT2D eigenvalue weighted by atomic mass is 10.1. The monoisotopic (exact) mass is 379 g/mol. The predicted molar refractivity (Wildman–Crippen MR) is 107 cm³/mol. The van der Waals surface area contributed by atoms with E-state index in [0.29, 0.717) is 28.9 Å². The van der Waals surface area contributed by atoms with Crippen molar-refractivity contribution in [2.45, 2.75) is 19.9 Å². The molecule has 2 aromatic carbocycles. The number of hydrogen-bond donors (Lipinski definition) is 2. The SMILES string of the molecule is CCc1ccc(NCc2cc(=O)n3[nH]c(-c4ccc(Cl)cc4)nc3n2)cc1. The Labute approximate surface area is 160 Å². The number of nitrogens with zero attached hydrogens (tertiary/aromatic N) is 3. The minimum absolute atomic E-state index is 0.203. The van der Waals surface area contributed by atoms with Crippen LogP contribution in [0.2, 0.25) is 5.02 Å². The number of aromatic nitrogens is 4. The number of halogens is 1. The molecule has 0 aliphatic carbocycles. The highest BCUT2D eigenvalue weighted by atomic mass is 35.5. The molecule has 4 rings (SSSR count). The normalized spacial score (nSPS) is 11.0. The van der Waals surface area contributed by atoms with Gasteiger partial charge >= 0.3 is 0 Å². The highest BCUT2D eigenvalue weighted by Gasteiger charge is 2.09. The molecule has 7 heteroatoms. The number of aromatic amines is 1. The summed E-state index contributed by atoms with van der Waals surface area (Å²) < 4.78 is 1.34. The molecule has 2 heterocycles. The fraction of sp³-hybridized carbons (Fsp3) is 0.150. The second-order valence-corrected chi connectivity index (χ2v) is 6.64. The van der Waals surface area contributed by atoms with E-state index >= 15 is 0 Å². The molecule has 0 amide bonds.